The predicted octanol–water partition coefficient (Wildman–Crippen LogP) is 3.47. The Hall–Kier alpha value is -2.63. The molecule has 1 unspecified atom stereocenters. The third-order valence-corrected chi connectivity index (χ3v) is 8.40. The molecule has 0 radical (unpaired) electrons. The molecule has 36 heavy (non-hydrogen) atoms. The van der Waals surface area contributed by atoms with Gasteiger partial charge in [0.1, 0.15) is 0 Å². The number of carboxylic acids is 1. The quantitative estimate of drug-likeness (QED) is 0.470. The second-order valence-corrected chi connectivity index (χ2v) is 11.5. The van der Waals surface area contributed by atoms with E-state index in [4.69, 9.17) is 28.9 Å². The standard InChI is InChI=1S/C23H25Cl2F2N3O5S/c1-2-36(34,35)14-5-3-13(4-6-14)15(11-18(31)32)22(33)29-20-17(28)12-16(24)21(19(20)25)30-9-7-23(26,27)8-10-30/h3-6,12,15H,2,7-11,28H2,1H3,(H,29,33)(H,31,32)/p-1. The first kappa shape index (κ1) is 27.9. The second kappa shape index (κ2) is 10.8. The largest absolute Gasteiger partial charge is 0.550 e. The van der Waals surface area contributed by atoms with E-state index in [0.29, 0.717) is 0 Å². The van der Waals surface area contributed by atoms with Gasteiger partial charge in [0.2, 0.25) is 5.91 Å². The molecule has 0 spiro atoms. The van der Waals surface area contributed by atoms with Crippen LogP contribution in [0.15, 0.2) is 35.2 Å². The maximum Gasteiger partial charge on any atom is 0.251 e. The lowest BCUT2D eigenvalue weighted by Crippen LogP contribution is -2.39. The van der Waals surface area contributed by atoms with E-state index in [1.54, 1.807) is 4.90 Å². The summed E-state index contributed by atoms with van der Waals surface area (Å²) in [5, 5.41) is 13.9. The number of rotatable bonds is 8. The van der Waals surface area contributed by atoms with Crippen LogP contribution in [-0.4, -0.2) is 45.1 Å². The fraction of sp³-hybridized carbons (Fsp3) is 0.391. The molecule has 1 saturated heterocycles. The lowest BCUT2D eigenvalue weighted by atomic mass is 9.94. The van der Waals surface area contributed by atoms with E-state index >= 15 is 0 Å². The van der Waals surface area contributed by atoms with Gasteiger partial charge in [-0.15, -0.1) is 0 Å². The molecule has 1 heterocycles. The van der Waals surface area contributed by atoms with Gasteiger partial charge in [0.25, 0.3) is 5.92 Å². The summed E-state index contributed by atoms with van der Waals surface area (Å²) >= 11 is 12.8. The zero-order chi connectivity index (χ0) is 26.8. The van der Waals surface area contributed by atoms with Crippen molar-refractivity contribution in [3.8, 4) is 0 Å². The van der Waals surface area contributed by atoms with Crippen molar-refractivity contribution >= 4 is 62.0 Å². The van der Waals surface area contributed by atoms with Gasteiger partial charge < -0.3 is 25.9 Å². The SMILES string of the molecule is CCS(=O)(=O)c1ccc(C(CC(=O)[O-])C(=O)Nc2c(N)cc(Cl)c(N3CCC(F)(F)CC3)c2Cl)cc1. The summed E-state index contributed by atoms with van der Waals surface area (Å²) < 4.78 is 51.4. The molecular formula is C23H24Cl2F2N3O5S-. The van der Waals surface area contributed by atoms with Crippen molar-refractivity contribution in [1.29, 1.82) is 0 Å². The molecule has 0 aromatic heterocycles. The van der Waals surface area contributed by atoms with Gasteiger partial charge in [-0.25, -0.2) is 17.2 Å². The molecule has 1 amide bonds. The normalized spacial score (nSPS) is 16.4. The van der Waals surface area contributed by atoms with Crippen LogP contribution in [0.5, 0.6) is 0 Å². The van der Waals surface area contributed by atoms with E-state index in [1.165, 1.54) is 37.3 Å². The van der Waals surface area contributed by atoms with Crippen LogP contribution in [0.3, 0.4) is 0 Å². The Kier molecular flexibility index (Phi) is 8.37. The van der Waals surface area contributed by atoms with Crippen LogP contribution in [-0.2, 0) is 19.4 Å². The number of nitrogens with zero attached hydrogens (tertiary/aromatic N) is 1. The number of nitrogens with one attached hydrogen (secondary N) is 1. The average molecular weight is 563 g/mol. The van der Waals surface area contributed by atoms with Gasteiger partial charge in [0.15, 0.2) is 9.84 Å². The Morgan fingerprint density at radius 2 is 1.78 bits per heavy atom. The summed E-state index contributed by atoms with van der Waals surface area (Å²) in [6.07, 6.45) is -1.50. The highest BCUT2D eigenvalue weighted by Gasteiger charge is 2.36. The van der Waals surface area contributed by atoms with Gasteiger partial charge in [-0.05, 0) is 23.8 Å². The van der Waals surface area contributed by atoms with Crippen molar-refractivity contribution in [3.05, 3.63) is 45.9 Å². The smallest absolute Gasteiger partial charge is 0.251 e. The van der Waals surface area contributed by atoms with Crippen LogP contribution in [0.1, 0.15) is 37.7 Å². The molecule has 0 bridgehead atoms. The van der Waals surface area contributed by atoms with Crippen molar-refractivity contribution in [1.82, 2.24) is 0 Å². The maximum absolute atomic E-state index is 13.6. The Morgan fingerprint density at radius 1 is 1.19 bits per heavy atom. The first-order chi connectivity index (χ1) is 16.8. The molecule has 1 fully saturated rings. The molecule has 0 saturated carbocycles. The van der Waals surface area contributed by atoms with Gasteiger partial charge >= 0.3 is 0 Å². The minimum absolute atomic E-state index is 0.0129. The number of carbonyl (C=O) groups excluding carboxylic acids is 2. The predicted molar refractivity (Wildman–Crippen MR) is 132 cm³/mol. The Morgan fingerprint density at radius 3 is 2.31 bits per heavy atom. The van der Waals surface area contributed by atoms with Gasteiger partial charge in [-0.3, -0.25) is 4.79 Å². The lowest BCUT2D eigenvalue weighted by molar-refractivity contribution is -0.306. The molecule has 2 aromatic rings. The lowest BCUT2D eigenvalue weighted by Gasteiger charge is -2.35. The molecule has 3 rings (SSSR count). The number of benzene rings is 2. The summed E-state index contributed by atoms with van der Waals surface area (Å²) in [7, 11) is -3.50. The van der Waals surface area contributed by atoms with Crippen LogP contribution in [0.2, 0.25) is 10.0 Å². The number of nitrogen functional groups attached to an aromatic ring is 1. The molecule has 1 atom stereocenters. The van der Waals surface area contributed by atoms with E-state index in [1.807, 2.05) is 0 Å². The fourth-order valence-corrected chi connectivity index (χ4v) is 5.56. The first-order valence-corrected chi connectivity index (χ1v) is 13.4. The number of anilines is 3. The first-order valence-electron chi connectivity index (χ1n) is 11.0. The zero-order valence-corrected chi connectivity index (χ0v) is 21.5. The van der Waals surface area contributed by atoms with E-state index in [2.05, 4.69) is 5.32 Å². The number of amides is 1. The Balaban J connectivity index is 1.93. The summed E-state index contributed by atoms with van der Waals surface area (Å²) in [6, 6.07) is 6.60. The van der Waals surface area contributed by atoms with Crippen LogP contribution in [0.25, 0.3) is 0 Å². The monoisotopic (exact) mass is 562 g/mol. The molecule has 8 nitrogen and oxygen atoms in total. The van der Waals surface area contributed by atoms with Crippen molar-refractivity contribution in [2.24, 2.45) is 0 Å². The van der Waals surface area contributed by atoms with Crippen LogP contribution in [0.4, 0.5) is 25.8 Å². The summed E-state index contributed by atoms with van der Waals surface area (Å²) in [5.41, 5.74) is 6.41. The molecule has 1 aliphatic rings. The molecule has 3 N–H and O–H groups in total. The topological polar surface area (TPSA) is 133 Å². The van der Waals surface area contributed by atoms with Crippen LogP contribution >= 0.6 is 23.2 Å². The van der Waals surface area contributed by atoms with Crippen LogP contribution < -0.4 is 21.1 Å². The zero-order valence-electron chi connectivity index (χ0n) is 19.2. The summed E-state index contributed by atoms with van der Waals surface area (Å²) in [5.74, 6) is -6.50. The summed E-state index contributed by atoms with van der Waals surface area (Å²) in [4.78, 5) is 26.2. The van der Waals surface area contributed by atoms with Crippen molar-refractivity contribution in [2.75, 3.05) is 34.8 Å². The molecular weight excluding hydrogens is 539 g/mol. The summed E-state index contributed by atoms with van der Waals surface area (Å²) in [6.45, 7) is 1.44. The van der Waals surface area contributed by atoms with Crippen molar-refractivity contribution in [2.45, 2.75) is 42.9 Å². The van der Waals surface area contributed by atoms with E-state index < -0.39 is 52.8 Å². The van der Waals surface area contributed by atoms with Gasteiger partial charge in [0, 0.05) is 38.3 Å². The van der Waals surface area contributed by atoms with Crippen molar-refractivity contribution in [3.63, 3.8) is 0 Å². The van der Waals surface area contributed by atoms with Gasteiger partial charge in [-0.2, -0.15) is 0 Å². The second-order valence-electron chi connectivity index (χ2n) is 8.42. The van der Waals surface area contributed by atoms with E-state index in [9.17, 15) is 31.9 Å². The number of carbonyl (C=O) groups is 2. The number of nitrogens with two attached hydrogens (primary N) is 1. The number of halogens is 4. The van der Waals surface area contributed by atoms with Crippen molar-refractivity contribution < 1.29 is 31.9 Å². The fourth-order valence-electron chi connectivity index (χ4n) is 3.91. The number of hydrogen-bond acceptors (Lipinski definition) is 7. The highest BCUT2D eigenvalue weighted by molar-refractivity contribution is 7.91. The van der Waals surface area contributed by atoms with Crippen LogP contribution in [0, 0.1) is 0 Å². The molecule has 2 aromatic carbocycles. The minimum Gasteiger partial charge on any atom is -0.550 e. The number of alkyl halides is 2. The molecule has 196 valence electrons. The highest BCUT2D eigenvalue weighted by Crippen LogP contribution is 2.45. The number of hydrogen-bond donors (Lipinski definition) is 2. The average Bonchev–Trinajstić information content (AvgIpc) is 2.81. The number of piperidine rings is 1. The number of aliphatic carboxylic acids is 1. The molecule has 0 aliphatic carbocycles. The minimum atomic E-state index is -3.50. The number of carboxylic acid groups (broad SMARTS) is 1. The van der Waals surface area contributed by atoms with E-state index in [-0.39, 0.29) is 56.4 Å². The van der Waals surface area contributed by atoms with Gasteiger partial charge in [-0.1, -0.05) is 42.3 Å². The third kappa shape index (κ3) is 6.19. The Bertz CT molecular complexity index is 1260. The van der Waals surface area contributed by atoms with E-state index in [0.717, 1.165) is 0 Å². The molecule has 13 heteroatoms. The molecule has 1 aliphatic heterocycles. The van der Waals surface area contributed by atoms with Gasteiger partial charge in [0.05, 0.1) is 43.7 Å². The highest BCUT2D eigenvalue weighted by atomic mass is 35.5. The third-order valence-electron chi connectivity index (χ3n) is 5.99. The Labute approximate surface area is 217 Å². The maximum atomic E-state index is 13.6. The number of sulfone groups is 1.